The third-order valence-electron chi connectivity index (χ3n) is 4.22. The van der Waals surface area contributed by atoms with E-state index in [1.54, 1.807) is 0 Å². The Morgan fingerprint density at radius 2 is 1.87 bits per heavy atom. The molecular formula is C18H31NO2SSi. The number of carbonyl (C=O) groups is 1. The SMILES string of the molecule is CC[C@H](C)[C@@H](C(=O)O)N(CCSCc1ccccc1)[Si](C)(C)C. The van der Waals surface area contributed by atoms with Crippen molar-refractivity contribution < 1.29 is 9.90 Å². The van der Waals surface area contributed by atoms with Crippen molar-refractivity contribution in [3.8, 4) is 0 Å². The maximum absolute atomic E-state index is 11.8. The Morgan fingerprint density at radius 1 is 1.26 bits per heavy atom. The van der Waals surface area contributed by atoms with Crippen molar-refractivity contribution in [3.63, 3.8) is 0 Å². The largest absolute Gasteiger partial charge is 0.480 e. The summed E-state index contributed by atoms with van der Waals surface area (Å²) < 4.78 is 2.29. The van der Waals surface area contributed by atoms with E-state index in [0.29, 0.717) is 0 Å². The van der Waals surface area contributed by atoms with Crippen molar-refractivity contribution in [1.29, 1.82) is 0 Å². The first-order valence-electron chi connectivity index (χ1n) is 8.38. The van der Waals surface area contributed by atoms with Crippen LogP contribution in [0.2, 0.25) is 19.6 Å². The highest BCUT2D eigenvalue weighted by Gasteiger charge is 2.37. The first-order chi connectivity index (χ1) is 10.8. The Hall–Kier alpha value is -0.783. The number of benzene rings is 1. The number of aliphatic carboxylic acids is 1. The van der Waals surface area contributed by atoms with E-state index in [1.165, 1.54) is 5.56 Å². The van der Waals surface area contributed by atoms with Gasteiger partial charge in [-0.3, -0.25) is 4.79 Å². The molecule has 0 unspecified atom stereocenters. The van der Waals surface area contributed by atoms with Crippen LogP contribution in [0.5, 0.6) is 0 Å². The summed E-state index contributed by atoms with van der Waals surface area (Å²) in [6.07, 6.45) is 0.898. The van der Waals surface area contributed by atoms with E-state index in [9.17, 15) is 9.90 Å². The van der Waals surface area contributed by atoms with E-state index in [0.717, 1.165) is 24.5 Å². The molecule has 0 radical (unpaired) electrons. The Labute approximate surface area is 146 Å². The number of rotatable bonds is 10. The van der Waals surface area contributed by atoms with Gasteiger partial charge in [0.05, 0.1) is 0 Å². The van der Waals surface area contributed by atoms with Crippen molar-refractivity contribution in [3.05, 3.63) is 35.9 Å². The lowest BCUT2D eigenvalue weighted by molar-refractivity contribution is -0.143. The summed E-state index contributed by atoms with van der Waals surface area (Å²) in [5.41, 5.74) is 1.33. The van der Waals surface area contributed by atoms with Gasteiger partial charge in [-0.1, -0.05) is 70.2 Å². The first kappa shape index (κ1) is 20.3. The fraction of sp³-hybridized carbons (Fsp3) is 0.611. The van der Waals surface area contributed by atoms with Gasteiger partial charge in [-0.25, -0.2) is 0 Å². The number of thioether (sulfide) groups is 1. The summed E-state index contributed by atoms with van der Waals surface area (Å²) in [7, 11) is -1.68. The van der Waals surface area contributed by atoms with Crippen LogP contribution in [0.1, 0.15) is 25.8 Å². The minimum atomic E-state index is -1.68. The minimum Gasteiger partial charge on any atom is -0.480 e. The third kappa shape index (κ3) is 6.69. The molecule has 0 amide bonds. The molecule has 1 aromatic rings. The summed E-state index contributed by atoms with van der Waals surface area (Å²) in [4.78, 5) is 11.8. The average Bonchev–Trinajstić information content (AvgIpc) is 2.49. The van der Waals surface area contributed by atoms with E-state index in [1.807, 2.05) is 17.8 Å². The van der Waals surface area contributed by atoms with Crippen molar-refractivity contribution in [2.45, 2.75) is 51.7 Å². The highest BCUT2D eigenvalue weighted by Crippen LogP contribution is 2.23. The summed E-state index contributed by atoms with van der Waals surface area (Å²) in [6, 6.07) is 10.1. The van der Waals surface area contributed by atoms with Crippen LogP contribution in [0.4, 0.5) is 0 Å². The van der Waals surface area contributed by atoms with E-state index in [4.69, 9.17) is 0 Å². The number of hydrogen-bond acceptors (Lipinski definition) is 3. The minimum absolute atomic E-state index is 0.179. The maximum Gasteiger partial charge on any atom is 0.320 e. The van der Waals surface area contributed by atoms with Crippen LogP contribution in [0.15, 0.2) is 30.3 Å². The van der Waals surface area contributed by atoms with E-state index in [-0.39, 0.29) is 12.0 Å². The lowest BCUT2D eigenvalue weighted by Crippen LogP contribution is -2.57. The molecule has 0 saturated heterocycles. The van der Waals surface area contributed by atoms with Crippen LogP contribution in [-0.4, -0.2) is 42.2 Å². The van der Waals surface area contributed by atoms with Gasteiger partial charge in [0.2, 0.25) is 0 Å². The Morgan fingerprint density at radius 3 is 2.35 bits per heavy atom. The molecule has 0 aliphatic rings. The van der Waals surface area contributed by atoms with Crippen molar-refractivity contribution in [2.24, 2.45) is 5.92 Å². The zero-order chi connectivity index (χ0) is 17.5. The van der Waals surface area contributed by atoms with Crippen LogP contribution >= 0.6 is 11.8 Å². The Kier molecular flexibility index (Phi) is 8.37. The highest BCUT2D eigenvalue weighted by molar-refractivity contribution is 7.98. The molecule has 0 fully saturated rings. The van der Waals surface area contributed by atoms with Crippen LogP contribution in [-0.2, 0) is 10.5 Å². The van der Waals surface area contributed by atoms with E-state index in [2.05, 4.69) is 62.3 Å². The third-order valence-corrected chi connectivity index (χ3v) is 7.46. The number of carboxylic acid groups (broad SMARTS) is 1. The zero-order valence-corrected chi connectivity index (χ0v) is 16.9. The number of carboxylic acids is 1. The second-order valence-corrected chi connectivity index (χ2v) is 13.1. The molecule has 130 valence electrons. The molecule has 23 heavy (non-hydrogen) atoms. The lowest BCUT2D eigenvalue weighted by atomic mass is 9.99. The molecule has 5 heteroatoms. The van der Waals surface area contributed by atoms with Gasteiger partial charge in [0.25, 0.3) is 0 Å². The topological polar surface area (TPSA) is 40.5 Å². The molecule has 0 aliphatic heterocycles. The van der Waals surface area contributed by atoms with Gasteiger partial charge < -0.3 is 9.67 Å². The monoisotopic (exact) mass is 353 g/mol. The van der Waals surface area contributed by atoms with Gasteiger partial charge in [-0.2, -0.15) is 11.8 Å². The molecule has 0 heterocycles. The molecule has 1 rings (SSSR count). The summed E-state index contributed by atoms with van der Waals surface area (Å²) in [5, 5.41) is 9.72. The quantitative estimate of drug-likeness (QED) is 0.494. The van der Waals surface area contributed by atoms with Gasteiger partial charge in [0.1, 0.15) is 14.3 Å². The van der Waals surface area contributed by atoms with E-state index < -0.39 is 14.2 Å². The molecule has 0 aliphatic carbocycles. The molecule has 0 saturated carbocycles. The van der Waals surface area contributed by atoms with E-state index >= 15 is 0 Å². The van der Waals surface area contributed by atoms with Crippen molar-refractivity contribution in [2.75, 3.05) is 12.3 Å². The Balaban J connectivity index is 2.66. The molecule has 0 aromatic heterocycles. The predicted molar refractivity (Wildman–Crippen MR) is 104 cm³/mol. The van der Waals surface area contributed by atoms with Crippen LogP contribution < -0.4 is 0 Å². The Bertz CT molecular complexity index is 476. The van der Waals surface area contributed by atoms with Gasteiger partial charge >= 0.3 is 5.97 Å². The van der Waals surface area contributed by atoms with Gasteiger partial charge in [-0.15, -0.1) is 0 Å². The van der Waals surface area contributed by atoms with Crippen molar-refractivity contribution in [1.82, 2.24) is 4.57 Å². The predicted octanol–water partition coefficient (Wildman–Crippen LogP) is 4.56. The molecule has 0 bridgehead atoms. The zero-order valence-electron chi connectivity index (χ0n) is 15.1. The summed E-state index contributed by atoms with van der Waals surface area (Å²) in [5.74, 6) is 1.47. The number of hydrogen-bond donors (Lipinski definition) is 1. The molecule has 0 spiro atoms. The van der Waals surface area contributed by atoms with Gasteiger partial charge in [-0.05, 0) is 11.5 Å². The standard InChI is InChI=1S/C18H31NO2SSi/c1-6-15(2)17(18(20)21)19(23(3,4)5)12-13-22-14-16-10-8-7-9-11-16/h7-11,15,17H,6,12-14H2,1-5H3,(H,20,21)/t15-,17-/m0/s1. The molecule has 1 aromatic carbocycles. The van der Waals surface area contributed by atoms with Gasteiger partial charge in [0.15, 0.2) is 0 Å². The van der Waals surface area contributed by atoms with Crippen LogP contribution in [0.25, 0.3) is 0 Å². The summed E-state index contributed by atoms with van der Waals surface area (Å²) in [6.45, 7) is 11.7. The lowest BCUT2D eigenvalue weighted by Gasteiger charge is -2.41. The fourth-order valence-corrected chi connectivity index (χ4v) is 5.77. The summed E-state index contributed by atoms with van der Waals surface area (Å²) >= 11 is 1.89. The smallest absolute Gasteiger partial charge is 0.320 e. The molecule has 1 N–H and O–H groups in total. The number of nitrogens with zero attached hydrogens (tertiary/aromatic N) is 1. The highest BCUT2D eigenvalue weighted by atomic mass is 32.2. The fourth-order valence-electron chi connectivity index (χ4n) is 2.73. The molecular weight excluding hydrogens is 322 g/mol. The normalized spacial score (nSPS) is 14.7. The van der Waals surface area contributed by atoms with Crippen molar-refractivity contribution >= 4 is 26.0 Å². The van der Waals surface area contributed by atoms with Crippen LogP contribution in [0.3, 0.4) is 0 Å². The average molecular weight is 354 g/mol. The second-order valence-electron chi connectivity index (χ2n) is 7.07. The molecule has 2 atom stereocenters. The van der Waals surface area contributed by atoms with Gasteiger partial charge in [0, 0.05) is 18.1 Å². The maximum atomic E-state index is 11.8. The second kappa shape index (κ2) is 9.50. The first-order valence-corrected chi connectivity index (χ1v) is 13.0. The van der Waals surface area contributed by atoms with Crippen LogP contribution in [0, 0.1) is 5.92 Å². The molecule has 3 nitrogen and oxygen atoms in total.